The largest absolute Gasteiger partial charge is 0.330 e. The van der Waals surface area contributed by atoms with E-state index in [0.29, 0.717) is 13.0 Å². The molecule has 1 rings (SSSR count). The van der Waals surface area contributed by atoms with Crippen LogP contribution in [0.4, 0.5) is 0 Å². The summed E-state index contributed by atoms with van der Waals surface area (Å²) in [6.07, 6.45) is 1.34. The predicted molar refractivity (Wildman–Crippen MR) is 69.1 cm³/mol. The van der Waals surface area contributed by atoms with Gasteiger partial charge in [-0.2, -0.15) is 0 Å². The summed E-state index contributed by atoms with van der Waals surface area (Å²) < 4.78 is 0. The monoisotopic (exact) mass is 227 g/mol. The minimum atomic E-state index is 0. The minimum absolute atomic E-state index is 0. The van der Waals surface area contributed by atoms with Crippen LogP contribution in [-0.4, -0.2) is 11.7 Å². The summed E-state index contributed by atoms with van der Waals surface area (Å²) >= 11 is 1.29. The highest BCUT2D eigenvalue weighted by Gasteiger charge is 2.02. The van der Waals surface area contributed by atoms with Crippen molar-refractivity contribution in [3.63, 3.8) is 0 Å². The molecule has 0 amide bonds. The molecule has 0 unspecified atom stereocenters. The second-order valence-corrected chi connectivity index (χ2v) is 3.81. The quantitative estimate of drug-likeness (QED) is 0.802. The summed E-state index contributed by atoms with van der Waals surface area (Å²) in [6, 6.07) is 9.67. The van der Waals surface area contributed by atoms with Crippen LogP contribution in [0.25, 0.3) is 0 Å². The molecule has 0 aliphatic rings. The zero-order chi connectivity index (χ0) is 11.5. The lowest BCUT2D eigenvalue weighted by Crippen LogP contribution is -2.01. The van der Waals surface area contributed by atoms with Crippen LogP contribution < -0.4 is 5.73 Å². The smallest absolute Gasteiger partial charge is 0.193 e. The van der Waals surface area contributed by atoms with E-state index in [1.54, 1.807) is 0 Å². The molecule has 1 aromatic carbocycles. The third-order valence-corrected chi connectivity index (χ3v) is 2.50. The zero-order valence-electron chi connectivity index (χ0n) is 9.40. The maximum absolute atomic E-state index is 11.3. The highest BCUT2D eigenvalue weighted by Crippen LogP contribution is 2.19. The topological polar surface area (TPSA) is 43.1 Å². The fourth-order valence-electron chi connectivity index (χ4n) is 0.917. The Labute approximate surface area is 97.7 Å². The SMILES string of the molecule is CC.NCCCC(=O)Sc1ccccc1.[HH]. The molecule has 0 spiro atoms. The number of nitrogens with two attached hydrogens (primary N) is 1. The molecule has 0 aliphatic heterocycles. The molecular formula is C12H21NOS. The Kier molecular flexibility index (Phi) is 9.22. The number of thioether (sulfide) groups is 1. The van der Waals surface area contributed by atoms with E-state index in [9.17, 15) is 4.79 Å². The van der Waals surface area contributed by atoms with Gasteiger partial charge in [0.25, 0.3) is 0 Å². The van der Waals surface area contributed by atoms with E-state index in [1.165, 1.54) is 11.8 Å². The van der Waals surface area contributed by atoms with Gasteiger partial charge in [0.1, 0.15) is 0 Å². The lowest BCUT2D eigenvalue weighted by atomic mass is 10.3. The van der Waals surface area contributed by atoms with Crippen LogP contribution in [0.5, 0.6) is 0 Å². The van der Waals surface area contributed by atoms with Crippen molar-refractivity contribution in [2.45, 2.75) is 31.6 Å². The van der Waals surface area contributed by atoms with Gasteiger partial charge in [0.05, 0.1) is 0 Å². The Morgan fingerprint density at radius 3 is 2.47 bits per heavy atom. The van der Waals surface area contributed by atoms with Crippen LogP contribution in [0.2, 0.25) is 0 Å². The molecule has 2 nitrogen and oxygen atoms in total. The number of rotatable bonds is 4. The maximum Gasteiger partial charge on any atom is 0.193 e. The van der Waals surface area contributed by atoms with E-state index in [0.717, 1.165) is 11.3 Å². The normalized spacial score (nSPS) is 9.00. The van der Waals surface area contributed by atoms with Gasteiger partial charge in [-0.05, 0) is 25.1 Å². The Bertz CT molecular complexity index is 267. The van der Waals surface area contributed by atoms with Gasteiger partial charge in [0, 0.05) is 12.7 Å². The van der Waals surface area contributed by atoms with Gasteiger partial charge in [-0.1, -0.05) is 43.8 Å². The summed E-state index contributed by atoms with van der Waals surface area (Å²) in [7, 11) is 0. The number of hydrogen-bond donors (Lipinski definition) is 1. The molecule has 86 valence electrons. The molecule has 15 heavy (non-hydrogen) atoms. The van der Waals surface area contributed by atoms with Crippen molar-refractivity contribution in [3.8, 4) is 0 Å². The van der Waals surface area contributed by atoms with Gasteiger partial charge in [-0.25, -0.2) is 0 Å². The van der Waals surface area contributed by atoms with E-state index < -0.39 is 0 Å². The van der Waals surface area contributed by atoms with E-state index >= 15 is 0 Å². The molecule has 0 aromatic heterocycles. The molecule has 0 saturated carbocycles. The third-order valence-electron chi connectivity index (χ3n) is 1.56. The summed E-state index contributed by atoms with van der Waals surface area (Å²) in [5, 5.41) is 0.191. The molecule has 0 aliphatic carbocycles. The van der Waals surface area contributed by atoms with Crippen LogP contribution in [0.3, 0.4) is 0 Å². The number of benzene rings is 1. The van der Waals surface area contributed by atoms with E-state index in [1.807, 2.05) is 44.2 Å². The van der Waals surface area contributed by atoms with Crippen molar-refractivity contribution >= 4 is 16.9 Å². The maximum atomic E-state index is 11.3. The van der Waals surface area contributed by atoms with Crippen LogP contribution in [0.15, 0.2) is 35.2 Å². The molecular weight excluding hydrogens is 206 g/mol. The molecule has 0 atom stereocenters. The molecule has 3 heteroatoms. The molecule has 2 N–H and O–H groups in total. The average molecular weight is 227 g/mol. The summed E-state index contributed by atoms with van der Waals surface area (Å²) in [5.41, 5.74) is 5.31. The average Bonchev–Trinajstić information content (AvgIpc) is 2.30. The summed E-state index contributed by atoms with van der Waals surface area (Å²) in [5.74, 6) is 0. The fraction of sp³-hybridized carbons (Fsp3) is 0.417. The predicted octanol–water partition coefficient (Wildman–Crippen LogP) is 3.32. The zero-order valence-corrected chi connectivity index (χ0v) is 10.2. The lowest BCUT2D eigenvalue weighted by Gasteiger charge is -1.98. The van der Waals surface area contributed by atoms with Gasteiger partial charge in [0.15, 0.2) is 5.12 Å². The Balaban J connectivity index is 0. The van der Waals surface area contributed by atoms with Crippen molar-refractivity contribution in [2.24, 2.45) is 5.73 Å². The standard InChI is InChI=1S/C10H13NOS.C2H6.H2/c11-8-4-7-10(12)13-9-5-2-1-3-6-9;1-2;/h1-3,5-6H,4,7-8,11H2;1-2H3;1H. The van der Waals surface area contributed by atoms with Gasteiger partial charge < -0.3 is 5.73 Å². The number of carbonyl (C=O) groups is 1. The molecule has 0 saturated heterocycles. The third kappa shape index (κ3) is 7.17. The molecule has 0 radical (unpaired) electrons. The van der Waals surface area contributed by atoms with Crippen LogP contribution in [0.1, 0.15) is 28.1 Å². The van der Waals surface area contributed by atoms with Crippen molar-refractivity contribution in [1.82, 2.24) is 0 Å². The molecule has 0 fully saturated rings. The highest BCUT2D eigenvalue weighted by molar-refractivity contribution is 8.13. The van der Waals surface area contributed by atoms with E-state index in [4.69, 9.17) is 5.73 Å². The summed E-state index contributed by atoms with van der Waals surface area (Å²) in [6.45, 7) is 4.58. The first-order valence-corrected chi connectivity index (χ1v) is 6.10. The number of carbonyl (C=O) groups excluding carboxylic acids is 1. The van der Waals surface area contributed by atoms with Crippen molar-refractivity contribution < 1.29 is 6.22 Å². The second kappa shape index (κ2) is 9.74. The molecule has 1 aromatic rings. The van der Waals surface area contributed by atoms with Gasteiger partial charge >= 0.3 is 0 Å². The minimum Gasteiger partial charge on any atom is -0.330 e. The van der Waals surface area contributed by atoms with E-state index in [2.05, 4.69) is 0 Å². The van der Waals surface area contributed by atoms with Crippen molar-refractivity contribution in [1.29, 1.82) is 0 Å². The van der Waals surface area contributed by atoms with Gasteiger partial charge in [-0.15, -0.1) is 0 Å². The first kappa shape index (κ1) is 14.2. The van der Waals surface area contributed by atoms with Gasteiger partial charge in [0.2, 0.25) is 0 Å². The van der Waals surface area contributed by atoms with Crippen LogP contribution in [0, 0.1) is 0 Å². The first-order chi connectivity index (χ1) is 7.33. The van der Waals surface area contributed by atoms with E-state index in [-0.39, 0.29) is 6.54 Å². The highest BCUT2D eigenvalue weighted by atomic mass is 32.2. The Morgan fingerprint density at radius 2 is 1.93 bits per heavy atom. The molecule has 0 bridgehead atoms. The summed E-state index contributed by atoms with van der Waals surface area (Å²) in [4.78, 5) is 12.3. The van der Waals surface area contributed by atoms with Crippen molar-refractivity contribution in [3.05, 3.63) is 30.3 Å². The first-order valence-electron chi connectivity index (χ1n) is 5.28. The second-order valence-electron chi connectivity index (χ2n) is 2.68. The lowest BCUT2D eigenvalue weighted by molar-refractivity contribution is -0.111. The molecule has 0 heterocycles. The number of hydrogen-bond acceptors (Lipinski definition) is 3. The van der Waals surface area contributed by atoms with Crippen LogP contribution in [-0.2, 0) is 4.79 Å². The van der Waals surface area contributed by atoms with Crippen molar-refractivity contribution in [2.75, 3.05) is 6.54 Å². The Morgan fingerprint density at radius 1 is 1.33 bits per heavy atom. The van der Waals surface area contributed by atoms with Gasteiger partial charge in [-0.3, -0.25) is 4.79 Å². The fourth-order valence-corrected chi connectivity index (χ4v) is 1.72. The van der Waals surface area contributed by atoms with Crippen LogP contribution >= 0.6 is 11.8 Å². The Hall–Kier alpha value is -0.800.